The van der Waals surface area contributed by atoms with Crippen molar-refractivity contribution in [2.45, 2.75) is 101 Å². The summed E-state index contributed by atoms with van der Waals surface area (Å²) in [6.07, 6.45) is 18.8. The summed E-state index contributed by atoms with van der Waals surface area (Å²) in [4.78, 5) is 61.2. The molecule has 0 bridgehead atoms. The Morgan fingerprint density at radius 1 is 0.527 bits per heavy atom. The molecule has 14 heteroatoms. The molecule has 2 aromatic heterocycles. The Morgan fingerprint density at radius 3 is 1.31 bits per heavy atom. The van der Waals surface area contributed by atoms with E-state index in [0.717, 1.165) is 143 Å². The number of rotatable bonds is 8. The number of carboxylic acid groups (broad SMARTS) is 1. The van der Waals surface area contributed by atoms with Gasteiger partial charge < -0.3 is 35.1 Å². The van der Waals surface area contributed by atoms with Crippen molar-refractivity contribution in [3.8, 4) is 0 Å². The molecular formula is C60H71Cl3N6O5. The molecular weight excluding hydrogens is 991 g/mol. The molecule has 12 rings (SSSR count). The van der Waals surface area contributed by atoms with Crippen LogP contribution >= 0.6 is 35.6 Å². The van der Waals surface area contributed by atoms with E-state index in [4.69, 9.17) is 28.3 Å². The summed E-state index contributed by atoms with van der Waals surface area (Å²) in [6.45, 7) is 8.33. The summed E-state index contributed by atoms with van der Waals surface area (Å²) in [7, 11) is 0. The van der Waals surface area contributed by atoms with Crippen LogP contribution in [0.2, 0.25) is 10.0 Å². The Bertz CT molecular complexity index is 2990. The molecule has 4 aromatic carbocycles. The Morgan fingerprint density at radius 2 is 0.919 bits per heavy atom. The van der Waals surface area contributed by atoms with Crippen molar-refractivity contribution in [3.63, 3.8) is 0 Å². The molecule has 1 amide bonds. The number of pyridine rings is 2. The van der Waals surface area contributed by atoms with Gasteiger partial charge in [-0.1, -0.05) is 96.7 Å². The lowest BCUT2D eigenvalue weighted by atomic mass is 9.63. The first-order valence-electron chi connectivity index (χ1n) is 27.0. The van der Waals surface area contributed by atoms with Crippen LogP contribution in [0.4, 0.5) is 11.4 Å². The first kappa shape index (κ1) is 53.5. The van der Waals surface area contributed by atoms with E-state index in [9.17, 15) is 19.2 Å². The second-order valence-corrected chi connectivity index (χ2v) is 22.5. The van der Waals surface area contributed by atoms with E-state index < -0.39 is 11.4 Å². The largest absolute Gasteiger partial charge is 0.481 e. The average Bonchev–Trinajstić information content (AvgIpc) is 3.39. The summed E-state index contributed by atoms with van der Waals surface area (Å²) in [5.74, 6) is 2.85. The number of anilines is 2. The van der Waals surface area contributed by atoms with Gasteiger partial charge in [0.2, 0.25) is 5.91 Å². The quantitative estimate of drug-likeness (QED) is 0.118. The smallest absolute Gasteiger partial charge is 0.314 e. The van der Waals surface area contributed by atoms with E-state index in [2.05, 4.69) is 66.4 Å². The fourth-order valence-electron chi connectivity index (χ4n) is 13.2. The lowest BCUT2D eigenvalue weighted by molar-refractivity contribution is -0.147. The van der Waals surface area contributed by atoms with Crippen LogP contribution in [-0.4, -0.2) is 84.2 Å². The van der Waals surface area contributed by atoms with E-state index in [-0.39, 0.29) is 28.9 Å². The number of aromatic nitrogens is 2. The Balaban J connectivity index is 0.000000152. The van der Waals surface area contributed by atoms with Crippen molar-refractivity contribution in [3.05, 3.63) is 151 Å². The van der Waals surface area contributed by atoms with E-state index >= 15 is 0 Å². The van der Waals surface area contributed by atoms with E-state index in [1.807, 2.05) is 60.7 Å². The number of nitrogens with one attached hydrogen (secondary N) is 3. The van der Waals surface area contributed by atoms with Gasteiger partial charge in [0.15, 0.2) is 0 Å². The van der Waals surface area contributed by atoms with Crippen LogP contribution in [-0.2, 0) is 20.4 Å². The number of fused-ring (bicyclic) bond motifs is 2. The lowest BCUT2D eigenvalue weighted by Gasteiger charge is -2.47. The predicted molar refractivity (Wildman–Crippen MR) is 303 cm³/mol. The summed E-state index contributed by atoms with van der Waals surface area (Å²) in [6, 6.07) is 31.9. The molecule has 11 nitrogen and oxygen atoms in total. The van der Waals surface area contributed by atoms with Gasteiger partial charge in [0.1, 0.15) is 0 Å². The summed E-state index contributed by atoms with van der Waals surface area (Å²) in [5, 5.41) is 16.6. The van der Waals surface area contributed by atoms with Crippen LogP contribution in [0.15, 0.2) is 119 Å². The normalized spacial score (nSPS) is 20.2. The Hall–Kier alpha value is -5.33. The fourth-order valence-corrected chi connectivity index (χ4v) is 13.8. The molecule has 392 valence electrons. The molecule has 6 heterocycles. The number of hydrogen-bond donors (Lipinski definition) is 4. The molecule has 4 N–H and O–H groups in total. The number of aromatic amines is 2. The van der Waals surface area contributed by atoms with Gasteiger partial charge in [0, 0.05) is 63.0 Å². The van der Waals surface area contributed by atoms with Crippen molar-refractivity contribution < 1.29 is 14.7 Å². The molecule has 6 fully saturated rings. The van der Waals surface area contributed by atoms with Gasteiger partial charge in [-0.2, -0.15) is 0 Å². The number of halogens is 3. The maximum atomic E-state index is 13.6. The average molecular weight is 1060 g/mol. The monoisotopic (exact) mass is 1060 g/mol. The third-order valence-corrected chi connectivity index (χ3v) is 18.5. The van der Waals surface area contributed by atoms with E-state index in [1.54, 1.807) is 12.4 Å². The minimum atomic E-state index is -0.676. The molecule has 2 saturated carbocycles. The number of hydrogen-bond acceptors (Lipinski definition) is 7. The van der Waals surface area contributed by atoms with E-state index in [0.29, 0.717) is 38.6 Å². The molecule has 0 spiro atoms. The van der Waals surface area contributed by atoms with Crippen LogP contribution in [0.3, 0.4) is 0 Å². The Labute approximate surface area is 450 Å². The predicted octanol–water partition coefficient (Wildman–Crippen LogP) is 11.8. The molecule has 2 aliphatic carbocycles. The molecule has 0 radical (unpaired) electrons. The molecule has 4 saturated heterocycles. The van der Waals surface area contributed by atoms with Crippen molar-refractivity contribution in [1.82, 2.24) is 20.2 Å². The van der Waals surface area contributed by atoms with Crippen LogP contribution < -0.4 is 26.2 Å². The molecule has 4 aliphatic heterocycles. The number of piperidine rings is 4. The van der Waals surface area contributed by atoms with Crippen LogP contribution in [0.1, 0.15) is 101 Å². The number of benzene rings is 4. The van der Waals surface area contributed by atoms with Gasteiger partial charge in [-0.15, -0.1) is 12.4 Å². The van der Waals surface area contributed by atoms with Crippen molar-refractivity contribution in [2.24, 2.45) is 23.7 Å². The van der Waals surface area contributed by atoms with Crippen molar-refractivity contribution in [2.75, 3.05) is 62.2 Å². The molecule has 6 aromatic rings. The second-order valence-electron chi connectivity index (χ2n) is 21.7. The zero-order valence-electron chi connectivity index (χ0n) is 42.3. The van der Waals surface area contributed by atoms with Gasteiger partial charge in [-0.25, -0.2) is 0 Å². The highest BCUT2D eigenvalue weighted by molar-refractivity contribution is 6.36. The number of carbonyl (C=O) groups excluding carboxylic acids is 1. The highest BCUT2D eigenvalue weighted by Crippen LogP contribution is 2.47. The first-order valence-corrected chi connectivity index (χ1v) is 27.7. The lowest BCUT2D eigenvalue weighted by Crippen LogP contribution is -2.53. The van der Waals surface area contributed by atoms with Gasteiger partial charge in [0.05, 0.1) is 31.6 Å². The van der Waals surface area contributed by atoms with Crippen molar-refractivity contribution in [1.29, 1.82) is 0 Å². The number of aliphatic carboxylic acids is 1. The maximum Gasteiger partial charge on any atom is 0.314 e. The van der Waals surface area contributed by atoms with Gasteiger partial charge in [-0.3, -0.25) is 19.2 Å². The standard InChI is InChI=1S/C30H34ClN3O2.C19H24ClN3O.C11H12O2.ClH/c31-26-20-25(19-23-7-14-32-28(35)27(23)26)33-15-8-21(9-16-33)22-10-17-34(18-11-22)29(36)30(12-4-13-30)24-5-2-1-3-6-24;20-17-12-16(11-15-3-8-22-19(24)18(15)17)23-9-4-14(5-10-23)13-1-6-21-7-2-13;12-10(13)11(7-4-8-11)9-5-2-1-3-6-9;/h1-3,5-7,14,19-22H,4,8-13,15-18H2,(H,32,35);3,8,11-14,21H,1-2,4-7,9-10H2,(H,22,24);1-3,5-6H,4,7-8H2,(H,12,13);1H. The highest BCUT2D eigenvalue weighted by atomic mass is 35.5. The minimum absolute atomic E-state index is 0. The van der Waals surface area contributed by atoms with Crippen LogP contribution in [0, 0.1) is 23.7 Å². The fraction of sp³-hybridized carbons (Fsp3) is 0.467. The SMILES string of the molecule is Cl.O=C(N1CCC(C2CCN(c3cc(Cl)c4c(=O)[nH]ccc4c3)CC2)CC1)C1(c2ccccc2)CCC1.O=C(O)C1(c2ccccc2)CCC1.O=c1[nH]ccc2cc(N3CCC(C4CCNCC4)CC3)cc(Cl)c12. The van der Waals surface area contributed by atoms with Crippen molar-refractivity contribution >= 4 is 80.4 Å². The topological polar surface area (TPSA) is 142 Å². The zero-order valence-corrected chi connectivity index (χ0v) is 44.7. The number of likely N-dealkylation sites (tertiary alicyclic amines) is 1. The maximum absolute atomic E-state index is 13.6. The van der Waals surface area contributed by atoms with Gasteiger partial charge >= 0.3 is 5.97 Å². The second kappa shape index (κ2) is 23.7. The third kappa shape index (κ3) is 11.1. The Kier molecular flexibility index (Phi) is 17.1. The molecule has 0 atom stereocenters. The number of carboxylic acids is 1. The number of nitrogens with zero attached hydrogens (tertiary/aromatic N) is 3. The summed E-state index contributed by atoms with van der Waals surface area (Å²) < 4.78 is 0. The van der Waals surface area contributed by atoms with Gasteiger partial charge in [-0.05, 0) is 172 Å². The number of carbonyl (C=O) groups is 2. The van der Waals surface area contributed by atoms with E-state index in [1.165, 1.54) is 44.3 Å². The first-order chi connectivity index (χ1) is 35.5. The molecule has 6 aliphatic rings. The van der Waals surface area contributed by atoms with Crippen LogP contribution in [0.25, 0.3) is 21.5 Å². The molecule has 0 unspecified atom stereocenters. The number of amides is 1. The van der Waals surface area contributed by atoms with Crippen LogP contribution in [0.5, 0.6) is 0 Å². The summed E-state index contributed by atoms with van der Waals surface area (Å²) in [5.41, 5.74) is 3.30. The summed E-state index contributed by atoms with van der Waals surface area (Å²) >= 11 is 12.9. The van der Waals surface area contributed by atoms with Gasteiger partial charge in [0.25, 0.3) is 11.1 Å². The minimum Gasteiger partial charge on any atom is -0.481 e. The number of H-pyrrole nitrogens is 2. The molecule has 74 heavy (non-hydrogen) atoms. The zero-order chi connectivity index (χ0) is 50.5. The highest BCUT2D eigenvalue weighted by Gasteiger charge is 2.48. The third-order valence-electron chi connectivity index (χ3n) is 17.9.